The lowest BCUT2D eigenvalue weighted by molar-refractivity contribution is -0.122. The Morgan fingerprint density at radius 1 is 1.14 bits per heavy atom. The Balaban J connectivity index is 2.00. The molecule has 5 heteroatoms. The van der Waals surface area contributed by atoms with Crippen molar-refractivity contribution in [1.29, 1.82) is 0 Å². The maximum atomic E-state index is 12.2. The zero-order valence-corrected chi connectivity index (χ0v) is 12.7. The second-order valence-corrected chi connectivity index (χ2v) is 4.75. The average Bonchev–Trinajstić information content (AvgIpc) is 2.51. The van der Waals surface area contributed by atoms with Gasteiger partial charge < -0.3 is 20.5 Å². The fourth-order valence-corrected chi connectivity index (χ4v) is 1.88. The molecule has 0 fully saturated rings. The maximum absolute atomic E-state index is 12.2. The number of carbonyl (C=O) groups excluding carboxylic acids is 1. The van der Waals surface area contributed by atoms with Crippen molar-refractivity contribution in [3.8, 4) is 11.5 Å². The molecule has 2 aromatic carbocycles. The van der Waals surface area contributed by atoms with Gasteiger partial charge >= 0.3 is 0 Å². The van der Waals surface area contributed by atoms with Gasteiger partial charge in [0.05, 0.1) is 6.61 Å². The summed E-state index contributed by atoms with van der Waals surface area (Å²) >= 11 is 0. The van der Waals surface area contributed by atoms with Gasteiger partial charge in [0.1, 0.15) is 0 Å². The molecule has 0 aliphatic rings. The predicted octanol–water partition coefficient (Wildman–Crippen LogP) is 3.07. The first kappa shape index (κ1) is 15.7. The Kier molecular flexibility index (Phi) is 5.25. The van der Waals surface area contributed by atoms with Gasteiger partial charge in [-0.1, -0.05) is 12.1 Å². The fraction of sp³-hybridized carbons (Fsp3) is 0.235. The number of anilines is 2. The molecule has 1 amide bonds. The number of carbonyl (C=O) groups is 1. The topological polar surface area (TPSA) is 73.6 Å². The molecule has 2 rings (SSSR count). The van der Waals surface area contributed by atoms with Gasteiger partial charge in [-0.05, 0) is 50.2 Å². The first-order valence-corrected chi connectivity index (χ1v) is 7.15. The van der Waals surface area contributed by atoms with Crippen LogP contribution in [0.15, 0.2) is 48.5 Å². The lowest BCUT2D eigenvalue weighted by atomic mass is 10.2. The van der Waals surface area contributed by atoms with Crippen molar-refractivity contribution < 1.29 is 14.3 Å². The summed E-state index contributed by atoms with van der Waals surface area (Å²) in [4.78, 5) is 12.2. The molecule has 0 aliphatic carbocycles. The van der Waals surface area contributed by atoms with Gasteiger partial charge in [0.2, 0.25) is 0 Å². The summed E-state index contributed by atoms with van der Waals surface area (Å²) in [6.45, 7) is 4.12. The van der Waals surface area contributed by atoms with Crippen LogP contribution in [0.3, 0.4) is 0 Å². The number of hydrogen-bond acceptors (Lipinski definition) is 4. The number of ether oxygens (including phenoxy) is 2. The van der Waals surface area contributed by atoms with E-state index in [0.717, 1.165) is 0 Å². The van der Waals surface area contributed by atoms with Crippen LogP contribution in [-0.2, 0) is 4.79 Å². The van der Waals surface area contributed by atoms with Crippen molar-refractivity contribution in [3.63, 3.8) is 0 Å². The average molecular weight is 300 g/mol. The minimum absolute atomic E-state index is 0.240. The monoisotopic (exact) mass is 300 g/mol. The molecule has 1 unspecified atom stereocenters. The van der Waals surface area contributed by atoms with Crippen LogP contribution in [0.25, 0.3) is 0 Å². The zero-order valence-electron chi connectivity index (χ0n) is 12.7. The minimum atomic E-state index is -0.654. The molecule has 0 heterocycles. The summed E-state index contributed by atoms with van der Waals surface area (Å²) in [5.41, 5.74) is 6.93. The van der Waals surface area contributed by atoms with Gasteiger partial charge in [-0.3, -0.25) is 4.79 Å². The molecule has 0 saturated carbocycles. The van der Waals surface area contributed by atoms with Crippen molar-refractivity contribution >= 4 is 17.3 Å². The highest BCUT2D eigenvalue weighted by molar-refractivity contribution is 5.94. The highest BCUT2D eigenvalue weighted by Crippen LogP contribution is 2.27. The van der Waals surface area contributed by atoms with E-state index in [-0.39, 0.29) is 5.91 Å². The number of nitrogens with two attached hydrogens (primary N) is 1. The van der Waals surface area contributed by atoms with E-state index < -0.39 is 6.10 Å². The Bertz CT molecular complexity index is 626. The molecule has 22 heavy (non-hydrogen) atoms. The normalized spacial score (nSPS) is 11.5. The molecule has 0 aliphatic heterocycles. The smallest absolute Gasteiger partial charge is 0.265 e. The van der Waals surface area contributed by atoms with E-state index in [1.54, 1.807) is 37.3 Å². The van der Waals surface area contributed by atoms with E-state index in [9.17, 15) is 4.79 Å². The lowest BCUT2D eigenvalue weighted by Gasteiger charge is -2.17. The lowest BCUT2D eigenvalue weighted by Crippen LogP contribution is -2.30. The van der Waals surface area contributed by atoms with Gasteiger partial charge in [0, 0.05) is 11.4 Å². The van der Waals surface area contributed by atoms with Crippen LogP contribution < -0.4 is 20.5 Å². The van der Waals surface area contributed by atoms with Crippen molar-refractivity contribution in [3.05, 3.63) is 48.5 Å². The van der Waals surface area contributed by atoms with Crippen molar-refractivity contribution in [2.45, 2.75) is 20.0 Å². The number of rotatable bonds is 6. The molecule has 0 saturated heterocycles. The van der Waals surface area contributed by atoms with Crippen molar-refractivity contribution in [2.24, 2.45) is 0 Å². The first-order chi connectivity index (χ1) is 10.6. The van der Waals surface area contributed by atoms with Crippen LogP contribution in [-0.4, -0.2) is 18.6 Å². The summed E-state index contributed by atoms with van der Waals surface area (Å²) in [5.74, 6) is 0.928. The van der Waals surface area contributed by atoms with E-state index in [2.05, 4.69) is 5.32 Å². The maximum Gasteiger partial charge on any atom is 0.265 e. The SMILES string of the molecule is CCOc1ccccc1OC(C)C(=O)Nc1ccc(N)cc1. The van der Waals surface area contributed by atoms with E-state index in [1.807, 2.05) is 25.1 Å². The van der Waals surface area contributed by atoms with Crippen molar-refractivity contribution in [1.82, 2.24) is 0 Å². The van der Waals surface area contributed by atoms with E-state index in [1.165, 1.54) is 0 Å². The van der Waals surface area contributed by atoms with E-state index in [0.29, 0.717) is 29.5 Å². The van der Waals surface area contributed by atoms with Gasteiger partial charge in [0.25, 0.3) is 5.91 Å². The summed E-state index contributed by atoms with van der Waals surface area (Å²) in [5, 5.41) is 2.78. The molecular formula is C17H20N2O3. The van der Waals surface area contributed by atoms with Crippen LogP contribution in [0, 0.1) is 0 Å². The zero-order chi connectivity index (χ0) is 15.9. The predicted molar refractivity (Wildman–Crippen MR) is 87.2 cm³/mol. The molecule has 2 aromatic rings. The molecule has 0 spiro atoms. The summed E-state index contributed by atoms with van der Waals surface area (Å²) < 4.78 is 11.2. The highest BCUT2D eigenvalue weighted by atomic mass is 16.5. The Morgan fingerprint density at radius 3 is 2.41 bits per heavy atom. The quantitative estimate of drug-likeness (QED) is 0.804. The van der Waals surface area contributed by atoms with Crippen LogP contribution in [0.4, 0.5) is 11.4 Å². The third kappa shape index (κ3) is 4.15. The molecule has 0 radical (unpaired) electrons. The van der Waals surface area contributed by atoms with Crippen LogP contribution in [0.5, 0.6) is 11.5 Å². The van der Waals surface area contributed by atoms with Gasteiger partial charge in [0.15, 0.2) is 17.6 Å². The molecule has 0 bridgehead atoms. The summed E-state index contributed by atoms with van der Waals surface area (Å²) in [6, 6.07) is 14.2. The van der Waals surface area contributed by atoms with Gasteiger partial charge in [-0.15, -0.1) is 0 Å². The minimum Gasteiger partial charge on any atom is -0.490 e. The molecule has 116 valence electrons. The van der Waals surface area contributed by atoms with E-state index in [4.69, 9.17) is 15.2 Å². The standard InChI is InChI=1S/C17H20N2O3/c1-3-21-15-6-4-5-7-16(15)22-12(2)17(20)19-14-10-8-13(18)9-11-14/h4-12H,3,18H2,1-2H3,(H,19,20). The second-order valence-electron chi connectivity index (χ2n) is 4.75. The largest absolute Gasteiger partial charge is 0.490 e. The highest BCUT2D eigenvalue weighted by Gasteiger charge is 2.16. The van der Waals surface area contributed by atoms with Crippen LogP contribution in [0.1, 0.15) is 13.8 Å². The van der Waals surface area contributed by atoms with Crippen LogP contribution in [0.2, 0.25) is 0 Å². The molecular weight excluding hydrogens is 280 g/mol. The second kappa shape index (κ2) is 7.36. The number of nitrogen functional groups attached to an aromatic ring is 1. The third-order valence-corrected chi connectivity index (χ3v) is 3.00. The number of para-hydroxylation sites is 2. The Hall–Kier alpha value is -2.69. The Labute approximate surface area is 130 Å². The number of benzene rings is 2. The fourth-order valence-electron chi connectivity index (χ4n) is 1.88. The summed E-state index contributed by atoms with van der Waals surface area (Å²) in [7, 11) is 0. The molecule has 5 nitrogen and oxygen atoms in total. The number of hydrogen-bond donors (Lipinski definition) is 2. The third-order valence-electron chi connectivity index (χ3n) is 3.00. The van der Waals surface area contributed by atoms with Gasteiger partial charge in [-0.25, -0.2) is 0 Å². The van der Waals surface area contributed by atoms with Gasteiger partial charge in [-0.2, -0.15) is 0 Å². The molecule has 3 N–H and O–H groups in total. The molecule has 1 atom stereocenters. The van der Waals surface area contributed by atoms with E-state index >= 15 is 0 Å². The van der Waals surface area contributed by atoms with Crippen LogP contribution >= 0.6 is 0 Å². The molecule has 0 aromatic heterocycles. The first-order valence-electron chi connectivity index (χ1n) is 7.15. The summed E-state index contributed by atoms with van der Waals surface area (Å²) in [6.07, 6.45) is -0.654. The van der Waals surface area contributed by atoms with Crippen molar-refractivity contribution in [2.75, 3.05) is 17.7 Å². The Morgan fingerprint density at radius 2 is 1.77 bits per heavy atom. The number of nitrogens with one attached hydrogen (secondary N) is 1. The number of amides is 1.